The molecule has 0 bridgehead atoms. The van der Waals surface area contributed by atoms with Gasteiger partial charge in [-0.2, -0.15) is 0 Å². The van der Waals surface area contributed by atoms with Crippen molar-refractivity contribution in [3.63, 3.8) is 0 Å². The minimum atomic E-state index is -0.625. The molecule has 2 N–H and O–H groups in total. The SMILES string of the molecule is CCc1ccc2c(c1)C(O)c1ccccc1N2CO. The average Bonchev–Trinajstić information content (AvgIpc) is 2.48. The average molecular weight is 255 g/mol. The molecule has 0 radical (unpaired) electrons. The van der Waals surface area contributed by atoms with E-state index < -0.39 is 6.10 Å². The maximum Gasteiger partial charge on any atom is 0.120 e. The molecule has 3 heteroatoms. The summed E-state index contributed by atoms with van der Waals surface area (Å²) in [7, 11) is 0. The van der Waals surface area contributed by atoms with E-state index in [0.29, 0.717) is 0 Å². The number of anilines is 2. The van der Waals surface area contributed by atoms with Gasteiger partial charge >= 0.3 is 0 Å². The summed E-state index contributed by atoms with van der Waals surface area (Å²) in [4.78, 5) is 1.83. The van der Waals surface area contributed by atoms with E-state index in [1.165, 1.54) is 5.56 Å². The molecule has 98 valence electrons. The van der Waals surface area contributed by atoms with Gasteiger partial charge in [0.15, 0.2) is 0 Å². The largest absolute Gasteiger partial charge is 0.383 e. The molecule has 0 saturated carbocycles. The van der Waals surface area contributed by atoms with E-state index >= 15 is 0 Å². The predicted octanol–water partition coefficient (Wildman–Crippen LogP) is 2.73. The van der Waals surface area contributed by atoms with Crippen molar-refractivity contribution in [2.75, 3.05) is 11.6 Å². The topological polar surface area (TPSA) is 43.7 Å². The van der Waals surface area contributed by atoms with E-state index in [2.05, 4.69) is 6.92 Å². The lowest BCUT2D eigenvalue weighted by molar-refractivity contribution is 0.216. The summed E-state index contributed by atoms with van der Waals surface area (Å²) in [6, 6.07) is 13.7. The quantitative estimate of drug-likeness (QED) is 0.867. The Hall–Kier alpha value is -1.84. The van der Waals surface area contributed by atoms with E-state index in [0.717, 1.165) is 28.9 Å². The minimum absolute atomic E-state index is 0.0950. The molecular weight excluding hydrogens is 238 g/mol. The Labute approximate surface area is 112 Å². The van der Waals surface area contributed by atoms with Crippen LogP contribution in [0.4, 0.5) is 11.4 Å². The lowest BCUT2D eigenvalue weighted by atomic mass is 9.91. The summed E-state index contributed by atoms with van der Waals surface area (Å²) in [6.07, 6.45) is 0.307. The smallest absolute Gasteiger partial charge is 0.120 e. The zero-order valence-electron chi connectivity index (χ0n) is 10.9. The highest BCUT2D eigenvalue weighted by atomic mass is 16.3. The predicted molar refractivity (Wildman–Crippen MR) is 75.5 cm³/mol. The van der Waals surface area contributed by atoms with Gasteiger partial charge in [-0.05, 0) is 24.1 Å². The molecule has 3 nitrogen and oxygen atoms in total. The van der Waals surface area contributed by atoms with Crippen LogP contribution in [0, 0.1) is 0 Å². The van der Waals surface area contributed by atoms with Gasteiger partial charge in [0.1, 0.15) is 12.8 Å². The summed E-state index contributed by atoms with van der Waals surface area (Å²) in [5.74, 6) is 0. The minimum Gasteiger partial charge on any atom is -0.383 e. The number of benzene rings is 2. The number of rotatable bonds is 2. The van der Waals surface area contributed by atoms with Crippen LogP contribution in [0.3, 0.4) is 0 Å². The standard InChI is InChI=1S/C16H17NO2/c1-2-11-7-8-15-13(9-11)16(19)12-5-3-4-6-14(12)17(15)10-18/h3-9,16,18-19H,2,10H2,1H3. The molecule has 0 spiro atoms. The number of para-hydroxylation sites is 1. The van der Waals surface area contributed by atoms with Crippen molar-refractivity contribution >= 4 is 11.4 Å². The molecule has 0 amide bonds. The van der Waals surface area contributed by atoms with Gasteiger partial charge in [0, 0.05) is 22.5 Å². The van der Waals surface area contributed by atoms with Gasteiger partial charge in [-0.15, -0.1) is 0 Å². The lowest BCUT2D eigenvalue weighted by Gasteiger charge is -2.34. The first kappa shape index (κ1) is 12.2. The maximum absolute atomic E-state index is 10.5. The fraction of sp³-hybridized carbons (Fsp3) is 0.250. The first-order valence-electron chi connectivity index (χ1n) is 6.54. The van der Waals surface area contributed by atoms with Gasteiger partial charge in [-0.1, -0.05) is 37.3 Å². The van der Waals surface area contributed by atoms with E-state index in [1.807, 2.05) is 47.4 Å². The van der Waals surface area contributed by atoms with Crippen molar-refractivity contribution in [3.8, 4) is 0 Å². The summed E-state index contributed by atoms with van der Waals surface area (Å²) in [5, 5.41) is 20.2. The van der Waals surface area contributed by atoms with E-state index in [9.17, 15) is 10.2 Å². The molecule has 0 fully saturated rings. The first-order chi connectivity index (χ1) is 9.26. The molecule has 3 rings (SSSR count). The van der Waals surface area contributed by atoms with Crippen LogP contribution in [-0.4, -0.2) is 16.9 Å². The number of fused-ring (bicyclic) bond motifs is 2. The summed E-state index contributed by atoms with van der Waals surface area (Å²) in [5.41, 5.74) is 4.65. The Morgan fingerprint density at radius 2 is 1.79 bits per heavy atom. The fourth-order valence-corrected chi connectivity index (χ4v) is 2.70. The van der Waals surface area contributed by atoms with E-state index in [4.69, 9.17) is 0 Å². The van der Waals surface area contributed by atoms with Crippen LogP contribution < -0.4 is 4.90 Å². The Kier molecular flexibility index (Phi) is 3.01. The van der Waals surface area contributed by atoms with E-state index in [1.54, 1.807) is 0 Å². The summed E-state index contributed by atoms with van der Waals surface area (Å²) in [6.45, 7) is 2.00. The highest BCUT2D eigenvalue weighted by Crippen LogP contribution is 2.44. The normalized spacial score (nSPS) is 17.0. The fourth-order valence-electron chi connectivity index (χ4n) is 2.70. The monoisotopic (exact) mass is 255 g/mol. The Morgan fingerprint density at radius 1 is 1.05 bits per heavy atom. The van der Waals surface area contributed by atoms with Crippen LogP contribution >= 0.6 is 0 Å². The molecule has 1 heterocycles. The van der Waals surface area contributed by atoms with Crippen LogP contribution in [0.1, 0.15) is 29.7 Å². The number of hydrogen-bond donors (Lipinski definition) is 2. The second kappa shape index (κ2) is 4.68. The van der Waals surface area contributed by atoms with Crippen molar-refractivity contribution in [3.05, 3.63) is 59.2 Å². The third-order valence-corrected chi connectivity index (χ3v) is 3.75. The molecule has 1 unspecified atom stereocenters. The van der Waals surface area contributed by atoms with Crippen molar-refractivity contribution in [1.29, 1.82) is 0 Å². The molecule has 2 aromatic rings. The van der Waals surface area contributed by atoms with Crippen LogP contribution in [-0.2, 0) is 6.42 Å². The maximum atomic E-state index is 10.5. The number of nitrogens with zero attached hydrogens (tertiary/aromatic N) is 1. The Balaban J connectivity index is 2.21. The number of aliphatic hydroxyl groups is 2. The van der Waals surface area contributed by atoms with Crippen LogP contribution in [0.15, 0.2) is 42.5 Å². The number of aryl methyl sites for hydroxylation is 1. The third-order valence-electron chi connectivity index (χ3n) is 3.75. The van der Waals surface area contributed by atoms with Gasteiger partial charge in [-0.3, -0.25) is 0 Å². The highest BCUT2D eigenvalue weighted by Gasteiger charge is 2.28. The van der Waals surface area contributed by atoms with E-state index in [-0.39, 0.29) is 6.73 Å². The number of aliphatic hydroxyl groups excluding tert-OH is 2. The van der Waals surface area contributed by atoms with Crippen molar-refractivity contribution in [1.82, 2.24) is 0 Å². The molecule has 19 heavy (non-hydrogen) atoms. The first-order valence-corrected chi connectivity index (χ1v) is 6.54. The van der Waals surface area contributed by atoms with Crippen molar-refractivity contribution < 1.29 is 10.2 Å². The zero-order chi connectivity index (χ0) is 13.4. The summed E-state index contributed by atoms with van der Waals surface area (Å²) < 4.78 is 0. The second-order valence-electron chi connectivity index (χ2n) is 4.78. The molecule has 0 saturated heterocycles. The Bertz CT molecular complexity index is 609. The third kappa shape index (κ3) is 1.82. The molecule has 1 aliphatic heterocycles. The van der Waals surface area contributed by atoms with Gasteiger partial charge in [-0.25, -0.2) is 0 Å². The van der Waals surface area contributed by atoms with Crippen LogP contribution in [0.25, 0.3) is 0 Å². The number of hydrogen-bond acceptors (Lipinski definition) is 3. The molecule has 2 aromatic carbocycles. The molecule has 1 atom stereocenters. The highest BCUT2D eigenvalue weighted by molar-refractivity contribution is 5.75. The van der Waals surface area contributed by atoms with Crippen molar-refractivity contribution in [2.45, 2.75) is 19.4 Å². The second-order valence-corrected chi connectivity index (χ2v) is 4.78. The van der Waals surface area contributed by atoms with Gasteiger partial charge in [0.2, 0.25) is 0 Å². The van der Waals surface area contributed by atoms with Gasteiger partial charge in [0.05, 0.1) is 0 Å². The Morgan fingerprint density at radius 3 is 2.53 bits per heavy atom. The molecule has 0 aliphatic carbocycles. The van der Waals surface area contributed by atoms with Gasteiger partial charge < -0.3 is 15.1 Å². The lowest BCUT2D eigenvalue weighted by Crippen LogP contribution is -2.26. The molecule has 1 aliphatic rings. The van der Waals surface area contributed by atoms with Crippen LogP contribution in [0.2, 0.25) is 0 Å². The van der Waals surface area contributed by atoms with Crippen molar-refractivity contribution in [2.24, 2.45) is 0 Å². The molecule has 0 aromatic heterocycles. The van der Waals surface area contributed by atoms with Crippen LogP contribution in [0.5, 0.6) is 0 Å². The van der Waals surface area contributed by atoms with Gasteiger partial charge in [0.25, 0.3) is 0 Å². The zero-order valence-corrected chi connectivity index (χ0v) is 10.9. The summed E-state index contributed by atoms with van der Waals surface area (Å²) >= 11 is 0. The molecular formula is C16H17NO2.